The molecule has 0 radical (unpaired) electrons. The quantitative estimate of drug-likeness (QED) is 0.799. The molecule has 1 aliphatic heterocycles. The van der Waals surface area contributed by atoms with Gasteiger partial charge in [0.2, 0.25) is 0 Å². The number of Topliss-reactive ketones (excluding diaryl/α,β-unsaturated/α-hetero) is 1. The fourth-order valence-electron chi connectivity index (χ4n) is 3.61. The first kappa shape index (κ1) is 13.1. The van der Waals surface area contributed by atoms with E-state index in [2.05, 4.69) is 26.1 Å². The van der Waals surface area contributed by atoms with Crippen molar-refractivity contribution in [2.75, 3.05) is 6.54 Å². The van der Waals surface area contributed by atoms with E-state index >= 15 is 0 Å². The predicted octanol–water partition coefficient (Wildman–Crippen LogP) is 3.16. The Hall–Kier alpha value is -0.370. The average molecular weight is 237 g/mol. The van der Waals surface area contributed by atoms with E-state index < -0.39 is 0 Å². The fourth-order valence-corrected chi connectivity index (χ4v) is 3.61. The molecule has 2 heteroatoms. The van der Waals surface area contributed by atoms with Gasteiger partial charge in [0, 0.05) is 17.4 Å². The van der Waals surface area contributed by atoms with Gasteiger partial charge in [-0.25, -0.2) is 0 Å². The third-order valence-corrected chi connectivity index (χ3v) is 4.93. The summed E-state index contributed by atoms with van der Waals surface area (Å²) in [6.45, 7) is 7.64. The molecule has 0 amide bonds. The number of hydrogen-bond donors (Lipinski definition) is 1. The molecule has 0 bridgehead atoms. The normalized spacial score (nSPS) is 38.1. The van der Waals surface area contributed by atoms with Crippen LogP contribution < -0.4 is 5.32 Å². The van der Waals surface area contributed by atoms with E-state index in [4.69, 9.17) is 0 Å². The van der Waals surface area contributed by atoms with Crippen LogP contribution in [-0.2, 0) is 4.79 Å². The lowest BCUT2D eigenvalue weighted by Gasteiger charge is -2.41. The molecule has 98 valence electrons. The van der Waals surface area contributed by atoms with Crippen molar-refractivity contribution in [3.8, 4) is 0 Å². The highest BCUT2D eigenvalue weighted by molar-refractivity contribution is 5.87. The number of piperidine rings is 1. The highest BCUT2D eigenvalue weighted by atomic mass is 16.1. The Bertz CT molecular complexity index is 285. The lowest BCUT2D eigenvalue weighted by Crippen LogP contribution is -2.50. The molecule has 1 N–H and O–H groups in total. The molecule has 3 atom stereocenters. The molecule has 0 aromatic carbocycles. The number of carbonyl (C=O) groups excluding carboxylic acids is 1. The summed E-state index contributed by atoms with van der Waals surface area (Å²) in [5, 5.41) is 3.60. The molecular formula is C15H27NO. The van der Waals surface area contributed by atoms with Gasteiger partial charge in [-0.3, -0.25) is 4.79 Å². The second-order valence-electron chi connectivity index (χ2n) is 6.61. The number of hydrogen-bond acceptors (Lipinski definition) is 2. The Morgan fingerprint density at radius 1 is 1.35 bits per heavy atom. The molecule has 3 unspecified atom stereocenters. The minimum atomic E-state index is -0.0796. The molecule has 1 aliphatic carbocycles. The molecule has 17 heavy (non-hydrogen) atoms. The first-order chi connectivity index (χ1) is 8.04. The van der Waals surface area contributed by atoms with E-state index in [1.165, 1.54) is 25.7 Å². The molecule has 2 rings (SSSR count). The highest BCUT2D eigenvalue weighted by Crippen LogP contribution is 2.39. The van der Waals surface area contributed by atoms with Gasteiger partial charge < -0.3 is 5.32 Å². The zero-order chi connectivity index (χ0) is 12.5. The van der Waals surface area contributed by atoms with Crippen LogP contribution in [0.5, 0.6) is 0 Å². The molecule has 0 spiro atoms. The van der Waals surface area contributed by atoms with Gasteiger partial charge in [-0.2, -0.15) is 0 Å². The maximum absolute atomic E-state index is 12.5. The Kier molecular flexibility index (Phi) is 3.92. The van der Waals surface area contributed by atoms with Crippen LogP contribution in [0, 0.1) is 17.3 Å². The van der Waals surface area contributed by atoms with Crippen LogP contribution >= 0.6 is 0 Å². The van der Waals surface area contributed by atoms with Crippen molar-refractivity contribution in [3.05, 3.63) is 0 Å². The lowest BCUT2D eigenvalue weighted by molar-refractivity contribution is -0.135. The summed E-state index contributed by atoms with van der Waals surface area (Å²) in [7, 11) is 0. The van der Waals surface area contributed by atoms with E-state index in [1.807, 2.05) is 0 Å². The summed E-state index contributed by atoms with van der Waals surface area (Å²) in [6, 6.07) is 0.459. The van der Waals surface area contributed by atoms with Crippen LogP contribution in [0.2, 0.25) is 0 Å². The first-order valence-corrected chi connectivity index (χ1v) is 7.32. The zero-order valence-corrected chi connectivity index (χ0v) is 11.6. The minimum Gasteiger partial charge on any atom is -0.313 e. The largest absolute Gasteiger partial charge is 0.313 e. The van der Waals surface area contributed by atoms with E-state index in [0.717, 1.165) is 25.3 Å². The maximum Gasteiger partial charge on any atom is 0.143 e. The second kappa shape index (κ2) is 5.09. The molecule has 1 saturated heterocycles. The van der Waals surface area contributed by atoms with Gasteiger partial charge in [-0.05, 0) is 38.1 Å². The molecule has 2 aliphatic rings. The van der Waals surface area contributed by atoms with E-state index in [1.54, 1.807) is 0 Å². The van der Waals surface area contributed by atoms with Gasteiger partial charge in [0.15, 0.2) is 0 Å². The topological polar surface area (TPSA) is 29.1 Å². The summed E-state index contributed by atoms with van der Waals surface area (Å²) >= 11 is 0. The molecule has 0 aromatic heterocycles. The monoisotopic (exact) mass is 237 g/mol. The van der Waals surface area contributed by atoms with Crippen LogP contribution in [0.25, 0.3) is 0 Å². The van der Waals surface area contributed by atoms with Crippen molar-refractivity contribution in [1.29, 1.82) is 0 Å². The van der Waals surface area contributed by atoms with Gasteiger partial charge in [0.25, 0.3) is 0 Å². The van der Waals surface area contributed by atoms with E-state index in [9.17, 15) is 4.79 Å². The van der Waals surface area contributed by atoms with Crippen molar-refractivity contribution in [2.45, 2.75) is 65.3 Å². The number of nitrogens with one attached hydrogen (secondary N) is 1. The number of rotatable bonds is 2. The Morgan fingerprint density at radius 2 is 2.12 bits per heavy atom. The third-order valence-electron chi connectivity index (χ3n) is 4.93. The molecule has 1 saturated carbocycles. The maximum atomic E-state index is 12.5. The molecule has 1 heterocycles. The lowest BCUT2D eigenvalue weighted by atomic mass is 9.67. The molecule has 2 nitrogen and oxygen atoms in total. The standard InChI is InChI=1S/C15H27NO/c1-4-11-7-9-16-13(10-11)12-6-5-8-15(2,3)14(12)17/h11-13,16H,4-10H2,1-3H3. The molecular weight excluding hydrogens is 210 g/mol. The first-order valence-electron chi connectivity index (χ1n) is 7.32. The summed E-state index contributed by atoms with van der Waals surface area (Å²) in [6.07, 6.45) is 7.17. The van der Waals surface area contributed by atoms with E-state index in [-0.39, 0.29) is 11.3 Å². The summed E-state index contributed by atoms with van der Waals surface area (Å²) in [5.74, 6) is 1.63. The van der Waals surface area contributed by atoms with Gasteiger partial charge in [-0.1, -0.05) is 33.6 Å². The van der Waals surface area contributed by atoms with Crippen LogP contribution in [0.4, 0.5) is 0 Å². The number of carbonyl (C=O) groups is 1. The SMILES string of the molecule is CCC1CCNC(C2CCCC(C)(C)C2=O)C1. The average Bonchev–Trinajstić information content (AvgIpc) is 2.33. The van der Waals surface area contributed by atoms with Crippen LogP contribution in [-0.4, -0.2) is 18.4 Å². The highest BCUT2D eigenvalue weighted by Gasteiger charge is 2.41. The van der Waals surface area contributed by atoms with E-state index in [0.29, 0.717) is 11.8 Å². The molecule has 2 fully saturated rings. The zero-order valence-electron chi connectivity index (χ0n) is 11.6. The predicted molar refractivity (Wildman–Crippen MR) is 70.9 cm³/mol. The Balaban J connectivity index is 2.03. The van der Waals surface area contributed by atoms with Crippen molar-refractivity contribution in [1.82, 2.24) is 5.32 Å². The van der Waals surface area contributed by atoms with Crippen molar-refractivity contribution < 1.29 is 4.79 Å². The Morgan fingerprint density at radius 3 is 2.82 bits per heavy atom. The summed E-state index contributed by atoms with van der Waals surface area (Å²) in [4.78, 5) is 12.5. The number of ketones is 1. The van der Waals surface area contributed by atoms with Crippen LogP contribution in [0.3, 0.4) is 0 Å². The smallest absolute Gasteiger partial charge is 0.143 e. The summed E-state index contributed by atoms with van der Waals surface area (Å²) in [5.41, 5.74) is -0.0796. The van der Waals surface area contributed by atoms with Gasteiger partial charge in [0.1, 0.15) is 5.78 Å². The summed E-state index contributed by atoms with van der Waals surface area (Å²) < 4.78 is 0. The minimum absolute atomic E-state index is 0.0796. The molecule has 0 aromatic rings. The van der Waals surface area contributed by atoms with Crippen LogP contribution in [0.1, 0.15) is 59.3 Å². The van der Waals surface area contributed by atoms with Gasteiger partial charge in [-0.15, -0.1) is 0 Å². The third kappa shape index (κ3) is 2.73. The van der Waals surface area contributed by atoms with Crippen molar-refractivity contribution in [3.63, 3.8) is 0 Å². The second-order valence-corrected chi connectivity index (χ2v) is 6.61. The van der Waals surface area contributed by atoms with Gasteiger partial charge in [0.05, 0.1) is 0 Å². The van der Waals surface area contributed by atoms with Crippen LogP contribution in [0.15, 0.2) is 0 Å². The fraction of sp³-hybridized carbons (Fsp3) is 0.933. The van der Waals surface area contributed by atoms with Crippen molar-refractivity contribution in [2.24, 2.45) is 17.3 Å². The van der Waals surface area contributed by atoms with Gasteiger partial charge >= 0.3 is 0 Å². The van der Waals surface area contributed by atoms with Crippen molar-refractivity contribution >= 4 is 5.78 Å². The Labute approximate surface area is 106 Å².